The molecule has 2 heterocycles. The van der Waals surface area contributed by atoms with Crippen LogP contribution in [0.2, 0.25) is 0 Å². The number of nitrogens with zero attached hydrogens (tertiary/aromatic N) is 1. The molecule has 2 fully saturated rings. The zero-order valence-corrected chi connectivity index (χ0v) is 8.87. The molecule has 0 bridgehead atoms. The van der Waals surface area contributed by atoms with E-state index in [1.807, 2.05) is 6.92 Å². The van der Waals surface area contributed by atoms with Gasteiger partial charge in [0.05, 0.1) is 13.2 Å². The molecule has 1 atom stereocenters. The van der Waals surface area contributed by atoms with E-state index >= 15 is 0 Å². The highest BCUT2D eigenvalue weighted by Crippen LogP contribution is 2.30. The zero-order valence-electron chi connectivity index (χ0n) is 8.87. The number of piperidine rings is 1. The molecule has 4 heteroatoms. The quantitative estimate of drug-likeness (QED) is 0.690. The predicted octanol–water partition coefficient (Wildman–Crippen LogP) is 0.173. The highest BCUT2D eigenvalue weighted by molar-refractivity contribution is 4.83. The van der Waals surface area contributed by atoms with E-state index in [1.165, 1.54) is 0 Å². The van der Waals surface area contributed by atoms with Crippen LogP contribution in [-0.4, -0.2) is 49.6 Å². The van der Waals surface area contributed by atoms with E-state index < -0.39 is 0 Å². The second kappa shape index (κ2) is 4.14. The number of likely N-dealkylation sites (tertiary alicyclic amines) is 1. The fourth-order valence-electron chi connectivity index (χ4n) is 2.27. The second-order valence-electron chi connectivity index (χ2n) is 4.39. The van der Waals surface area contributed by atoms with E-state index in [0.29, 0.717) is 0 Å². The zero-order chi connectivity index (χ0) is 10.0. The fraction of sp³-hybridized carbons (Fsp3) is 1.00. The molecule has 2 aliphatic rings. The molecule has 0 amide bonds. The minimum absolute atomic E-state index is 0.242. The van der Waals surface area contributed by atoms with Gasteiger partial charge in [-0.3, -0.25) is 0 Å². The Morgan fingerprint density at radius 1 is 1.29 bits per heavy atom. The molecule has 2 saturated heterocycles. The third-order valence-corrected chi connectivity index (χ3v) is 2.98. The Labute approximate surface area is 85.3 Å². The molecule has 0 aromatic rings. The van der Waals surface area contributed by atoms with Crippen LogP contribution < -0.4 is 5.73 Å². The standard InChI is InChI=1S/C10H20N2O2/c1-9(11)8-12-4-2-10(3-5-12)13-6-7-14-10/h9H,2-8,11H2,1H3. The number of hydrogen-bond donors (Lipinski definition) is 1. The minimum Gasteiger partial charge on any atom is -0.347 e. The van der Waals surface area contributed by atoms with Crippen LogP contribution in [0.15, 0.2) is 0 Å². The van der Waals surface area contributed by atoms with Crippen LogP contribution in [0.1, 0.15) is 19.8 Å². The van der Waals surface area contributed by atoms with Crippen molar-refractivity contribution in [3.63, 3.8) is 0 Å². The molecule has 4 nitrogen and oxygen atoms in total. The summed E-state index contributed by atoms with van der Waals surface area (Å²) in [6.45, 7) is 6.63. The molecule has 82 valence electrons. The van der Waals surface area contributed by atoms with E-state index in [2.05, 4.69) is 4.90 Å². The van der Waals surface area contributed by atoms with E-state index in [0.717, 1.165) is 45.7 Å². The van der Waals surface area contributed by atoms with Crippen LogP contribution in [0.4, 0.5) is 0 Å². The van der Waals surface area contributed by atoms with Gasteiger partial charge in [-0.1, -0.05) is 0 Å². The SMILES string of the molecule is CC(N)CN1CCC2(CC1)OCCO2. The minimum atomic E-state index is -0.242. The molecule has 1 spiro atoms. The van der Waals surface area contributed by atoms with Crippen LogP contribution in [0.5, 0.6) is 0 Å². The third kappa shape index (κ3) is 2.25. The van der Waals surface area contributed by atoms with E-state index in [-0.39, 0.29) is 11.8 Å². The summed E-state index contributed by atoms with van der Waals surface area (Å²) >= 11 is 0. The summed E-state index contributed by atoms with van der Waals surface area (Å²) < 4.78 is 11.3. The molecule has 2 aliphatic heterocycles. The molecule has 14 heavy (non-hydrogen) atoms. The van der Waals surface area contributed by atoms with Crippen LogP contribution in [-0.2, 0) is 9.47 Å². The van der Waals surface area contributed by atoms with Gasteiger partial charge in [0.1, 0.15) is 0 Å². The Balaban J connectivity index is 1.79. The van der Waals surface area contributed by atoms with Crippen molar-refractivity contribution in [1.82, 2.24) is 4.90 Å². The van der Waals surface area contributed by atoms with Gasteiger partial charge in [-0.15, -0.1) is 0 Å². The molecule has 0 aromatic heterocycles. The number of ether oxygens (including phenoxy) is 2. The Bertz CT molecular complexity index is 181. The second-order valence-corrected chi connectivity index (χ2v) is 4.39. The summed E-state index contributed by atoms with van der Waals surface area (Å²) in [5.41, 5.74) is 5.76. The smallest absolute Gasteiger partial charge is 0.170 e. The van der Waals surface area contributed by atoms with Gasteiger partial charge in [0.25, 0.3) is 0 Å². The summed E-state index contributed by atoms with van der Waals surface area (Å²) in [7, 11) is 0. The molecule has 2 rings (SSSR count). The summed E-state index contributed by atoms with van der Waals surface area (Å²) in [4.78, 5) is 2.39. The summed E-state index contributed by atoms with van der Waals surface area (Å²) in [6.07, 6.45) is 1.97. The topological polar surface area (TPSA) is 47.7 Å². The molecule has 0 aliphatic carbocycles. The molecular formula is C10H20N2O2. The van der Waals surface area contributed by atoms with Gasteiger partial charge in [0, 0.05) is 38.5 Å². The van der Waals surface area contributed by atoms with Crippen molar-refractivity contribution in [3.8, 4) is 0 Å². The first-order valence-corrected chi connectivity index (χ1v) is 5.46. The number of hydrogen-bond acceptors (Lipinski definition) is 4. The van der Waals surface area contributed by atoms with Crippen LogP contribution in [0.25, 0.3) is 0 Å². The first-order valence-electron chi connectivity index (χ1n) is 5.46. The lowest BCUT2D eigenvalue weighted by atomic mass is 10.0. The summed E-state index contributed by atoms with van der Waals surface area (Å²) in [5, 5.41) is 0. The van der Waals surface area contributed by atoms with Crippen LogP contribution in [0.3, 0.4) is 0 Å². The average molecular weight is 200 g/mol. The van der Waals surface area contributed by atoms with Crippen molar-refractivity contribution in [2.45, 2.75) is 31.6 Å². The highest BCUT2D eigenvalue weighted by Gasteiger charge is 2.39. The van der Waals surface area contributed by atoms with Crippen molar-refractivity contribution in [2.75, 3.05) is 32.8 Å². The monoisotopic (exact) mass is 200 g/mol. The number of rotatable bonds is 2. The summed E-state index contributed by atoms with van der Waals surface area (Å²) in [5.74, 6) is -0.242. The normalized spacial score (nSPS) is 29.6. The molecule has 2 N–H and O–H groups in total. The Morgan fingerprint density at radius 2 is 1.86 bits per heavy atom. The van der Waals surface area contributed by atoms with Crippen molar-refractivity contribution in [1.29, 1.82) is 0 Å². The van der Waals surface area contributed by atoms with Crippen LogP contribution >= 0.6 is 0 Å². The Morgan fingerprint density at radius 3 is 2.36 bits per heavy atom. The van der Waals surface area contributed by atoms with Crippen molar-refractivity contribution < 1.29 is 9.47 Å². The Kier molecular flexibility index (Phi) is 3.07. The fourth-order valence-corrected chi connectivity index (χ4v) is 2.27. The molecular weight excluding hydrogens is 180 g/mol. The lowest BCUT2D eigenvalue weighted by molar-refractivity contribution is -0.185. The van der Waals surface area contributed by atoms with Gasteiger partial charge in [-0.25, -0.2) is 0 Å². The van der Waals surface area contributed by atoms with Crippen molar-refractivity contribution in [3.05, 3.63) is 0 Å². The van der Waals surface area contributed by atoms with Gasteiger partial charge in [-0.05, 0) is 6.92 Å². The number of nitrogens with two attached hydrogens (primary N) is 1. The summed E-state index contributed by atoms with van der Waals surface area (Å²) in [6, 6.07) is 0.259. The van der Waals surface area contributed by atoms with E-state index in [4.69, 9.17) is 15.2 Å². The van der Waals surface area contributed by atoms with E-state index in [9.17, 15) is 0 Å². The van der Waals surface area contributed by atoms with E-state index in [1.54, 1.807) is 0 Å². The Hall–Kier alpha value is -0.160. The molecule has 0 radical (unpaired) electrons. The third-order valence-electron chi connectivity index (χ3n) is 2.98. The van der Waals surface area contributed by atoms with Crippen LogP contribution in [0, 0.1) is 0 Å². The van der Waals surface area contributed by atoms with Gasteiger partial charge in [-0.2, -0.15) is 0 Å². The lowest BCUT2D eigenvalue weighted by Gasteiger charge is -2.38. The van der Waals surface area contributed by atoms with Crippen molar-refractivity contribution >= 4 is 0 Å². The molecule has 1 unspecified atom stereocenters. The largest absolute Gasteiger partial charge is 0.347 e. The van der Waals surface area contributed by atoms with Gasteiger partial charge >= 0.3 is 0 Å². The maximum Gasteiger partial charge on any atom is 0.170 e. The highest BCUT2D eigenvalue weighted by atomic mass is 16.7. The maximum atomic E-state index is 5.76. The van der Waals surface area contributed by atoms with Gasteiger partial charge in [0.15, 0.2) is 5.79 Å². The maximum absolute atomic E-state index is 5.76. The molecule has 0 saturated carbocycles. The lowest BCUT2D eigenvalue weighted by Crippen LogP contribution is -2.47. The first-order chi connectivity index (χ1) is 6.70. The average Bonchev–Trinajstić information content (AvgIpc) is 2.58. The van der Waals surface area contributed by atoms with Gasteiger partial charge in [0.2, 0.25) is 0 Å². The van der Waals surface area contributed by atoms with Crippen molar-refractivity contribution in [2.24, 2.45) is 5.73 Å². The van der Waals surface area contributed by atoms with Gasteiger partial charge < -0.3 is 20.1 Å². The predicted molar refractivity (Wildman–Crippen MR) is 54.0 cm³/mol. The molecule has 0 aromatic carbocycles. The first kappa shape index (κ1) is 10.4.